The van der Waals surface area contributed by atoms with Crippen LogP contribution in [0, 0.1) is 11.6 Å². The highest BCUT2D eigenvalue weighted by Gasteiger charge is 2.40. The third-order valence-electron chi connectivity index (χ3n) is 6.34. The average molecular weight is 437 g/mol. The van der Waals surface area contributed by atoms with Gasteiger partial charge < -0.3 is 14.6 Å². The van der Waals surface area contributed by atoms with Gasteiger partial charge in [-0.25, -0.2) is 13.6 Å². The van der Waals surface area contributed by atoms with Gasteiger partial charge in [0.25, 0.3) is 0 Å². The van der Waals surface area contributed by atoms with Gasteiger partial charge in [0.05, 0.1) is 5.56 Å². The lowest BCUT2D eigenvalue weighted by molar-refractivity contribution is -0.131. The molecule has 0 saturated heterocycles. The highest BCUT2D eigenvalue weighted by atomic mass is 19.1. The van der Waals surface area contributed by atoms with Crippen LogP contribution in [0.4, 0.5) is 8.78 Å². The monoisotopic (exact) mass is 436 g/mol. The minimum absolute atomic E-state index is 0.00358. The fraction of sp³-hybridized carbons (Fsp3) is 0.269. The molecule has 2 unspecified atom stereocenters. The quantitative estimate of drug-likeness (QED) is 0.513. The minimum atomic E-state index is -1.18. The van der Waals surface area contributed by atoms with E-state index in [0.29, 0.717) is 6.42 Å². The lowest BCUT2D eigenvalue weighted by Crippen LogP contribution is -2.43. The Kier molecular flexibility index (Phi) is 5.63. The largest absolute Gasteiger partial charge is 0.478 e. The van der Waals surface area contributed by atoms with E-state index in [9.17, 15) is 4.79 Å². The number of hydrogen-bond acceptors (Lipinski definition) is 2. The van der Waals surface area contributed by atoms with Gasteiger partial charge in [-0.15, -0.1) is 0 Å². The number of aryl methyl sites for hydroxylation is 1. The third kappa shape index (κ3) is 3.49. The number of aromatic nitrogens is 1. The van der Waals surface area contributed by atoms with E-state index in [0.717, 1.165) is 40.4 Å². The highest BCUT2D eigenvalue weighted by molar-refractivity contribution is 5.87. The summed E-state index contributed by atoms with van der Waals surface area (Å²) in [6.45, 7) is 8.24. The second kappa shape index (κ2) is 8.26. The predicted octanol–water partition coefficient (Wildman–Crippen LogP) is 5.81. The number of para-hydroxylation sites is 1. The van der Waals surface area contributed by atoms with E-state index in [1.54, 1.807) is 0 Å². The molecule has 2 atom stereocenters. The SMILES string of the molecule is C=C(CC)N1C(C)Cc2c(n(C)c3ccccc23)C1c1c(F)cc(/C=C/C(=O)O)cc1F. The zero-order valence-electron chi connectivity index (χ0n) is 18.4. The first-order valence-electron chi connectivity index (χ1n) is 10.7. The first-order chi connectivity index (χ1) is 15.2. The fourth-order valence-electron chi connectivity index (χ4n) is 4.92. The smallest absolute Gasteiger partial charge is 0.328 e. The molecule has 0 saturated carbocycles. The number of carbonyl (C=O) groups is 1. The number of fused-ring (bicyclic) bond motifs is 3. The minimum Gasteiger partial charge on any atom is -0.478 e. The number of hydrogen-bond donors (Lipinski definition) is 1. The van der Waals surface area contributed by atoms with E-state index in [1.807, 2.05) is 41.6 Å². The zero-order chi connectivity index (χ0) is 23.2. The number of carboxylic acids is 1. The summed E-state index contributed by atoms with van der Waals surface area (Å²) in [5.41, 5.74) is 3.88. The molecule has 0 amide bonds. The van der Waals surface area contributed by atoms with E-state index in [4.69, 9.17) is 5.11 Å². The molecule has 1 N–H and O–H groups in total. The van der Waals surface area contributed by atoms with Gasteiger partial charge in [0.1, 0.15) is 17.7 Å². The van der Waals surface area contributed by atoms with Crippen molar-refractivity contribution >= 4 is 22.9 Å². The lowest BCUT2D eigenvalue weighted by atomic mass is 9.87. The van der Waals surface area contributed by atoms with Crippen molar-refractivity contribution in [2.75, 3.05) is 0 Å². The second-order valence-electron chi connectivity index (χ2n) is 8.29. The predicted molar refractivity (Wildman–Crippen MR) is 122 cm³/mol. The van der Waals surface area contributed by atoms with Gasteiger partial charge in [0, 0.05) is 41.5 Å². The summed E-state index contributed by atoms with van der Waals surface area (Å²) in [7, 11) is 1.93. The number of benzene rings is 2. The van der Waals surface area contributed by atoms with Crippen molar-refractivity contribution in [2.24, 2.45) is 7.05 Å². The van der Waals surface area contributed by atoms with Crippen LogP contribution in [-0.4, -0.2) is 26.6 Å². The Morgan fingerprint density at radius 3 is 2.53 bits per heavy atom. The van der Waals surface area contributed by atoms with Crippen LogP contribution in [-0.2, 0) is 18.3 Å². The van der Waals surface area contributed by atoms with E-state index in [-0.39, 0.29) is 17.2 Å². The summed E-state index contributed by atoms with van der Waals surface area (Å²) >= 11 is 0. The van der Waals surface area contributed by atoms with E-state index in [1.165, 1.54) is 18.2 Å². The molecule has 0 bridgehead atoms. The van der Waals surface area contributed by atoms with Gasteiger partial charge in [-0.1, -0.05) is 31.7 Å². The van der Waals surface area contributed by atoms with Crippen LogP contribution in [0.1, 0.15) is 48.7 Å². The Balaban J connectivity index is 1.99. The maximum atomic E-state index is 15.5. The number of aliphatic carboxylic acids is 1. The van der Waals surface area contributed by atoms with E-state index in [2.05, 4.69) is 19.6 Å². The summed E-state index contributed by atoms with van der Waals surface area (Å²) in [5.74, 6) is -2.60. The second-order valence-corrected chi connectivity index (χ2v) is 8.29. The summed E-state index contributed by atoms with van der Waals surface area (Å²) in [6, 6.07) is 9.69. The van der Waals surface area contributed by atoms with Crippen LogP contribution in [0.15, 0.2) is 54.8 Å². The molecule has 0 spiro atoms. The number of allylic oxidation sites excluding steroid dienone is 1. The zero-order valence-corrected chi connectivity index (χ0v) is 18.4. The Labute approximate surface area is 186 Å². The standard InChI is InChI=1S/C26H26F2N2O2/c1-5-15(2)30-16(3)12-19-18-8-6-7-9-22(18)29(4)25(19)26(30)24-20(27)13-17(14-21(24)28)10-11-23(31)32/h6-11,13-14,16,26H,2,5,12H2,1,3-4H3,(H,31,32)/b11-10+. The van der Waals surface area contributed by atoms with E-state index >= 15 is 8.78 Å². The molecule has 3 aromatic rings. The number of nitrogens with zero attached hydrogens (tertiary/aromatic N) is 2. The van der Waals surface area contributed by atoms with Gasteiger partial charge in [0.15, 0.2) is 0 Å². The normalized spacial score (nSPS) is 18.3. The van der Waals surface area contributed by atoms with Gasteiger partial charge in [-0.2, -0.15) is 0 Å². The molecule has 0 radical (unpaired) electrons. The molecular formula is C26H26F2N2O2. The highest BCUT2D eigenvalue weighted by Crippen LogP contribution is 2.45. The molecule has 4 rings (SSSR count). The van der Waals surface area contributed by atoms with Crippen LogP contribution in [0.3, 0.4) is 0 Å². The molecule has 0 fully saturated rings. The van der Waals surface area contributed by atoms with Crippen molar-refractivity contribution in [1.29, 1.82) is 0 Å². The molecular weight excluding hydrogens is 410 g/mol. The Bertz CT molecular complexity index is 1240. The summed E-state index contributed by atoms with van der Waals surface area (Å²) in [5, 5.41) is 9.93. The van der Waals surface area contributed by atoms with Crippen LogP contribution in [0.5, 0.6) is 0 Å². The molecule has 1 aromatic heterocycles. The molecule has 4 nitrogen and oxygen atoms in total. The van der Waals surface area contributed by atoms with Crippen LogP contribution in [0.25, 0.3) is 17.0 Å². The van der Waals surface area contributed by atoms with Crippen LogP contribution >= 0.6 is 0 Å². The summed E-state index contributed by atoms with van der Waals surface area (Å²) in [4.78, 5) is 12.8. The first kappa shape index (κ1) is 21.8. The van der Waals surface area contributed by atoms with Crippen molar-refractivity contribution in [1.82, 2.24) is 9.47 Å². The van der Waals surface area contributed by atoms with Crippen molar-refractivity contribution in [3.05, 3.63) is 88.8 Å². The topological polar surface area (TPSA) is 45.5 Å². The van der Waals surface area contributed by atoms with Crippen molar-refractivity contribution in [3.8, 4) is 0 Å². The van der Waals surface area contributed by atoms with Gasteiger partial charge >= 0.3 is 5.97 Å². The maximum Gasteiger partial charge on any atom is 0.328 e. The molecule has 0 aliphatic carbocycles. The number of rotatable bonds is 5. The molecule has 32 heavy (non-hydrogen) atoms. The lowest BCUT2D eigenvalue weighted by Gasteiger charge is -2.44. The van der Waals surface area contributed by atoms with Gasteiger partial charge in [-0.05, 0) is 55.2 Å². The Morgan fingerprint density at radius 2 is 1.91 bits per heavy atom. The maximum absolute atomic E-state index is 15.5. The van der Waals surface area contributed by atoms with Gasteiger partial charge in [-0.3, -0.25) is 0 Å². The molecule has 166 valence electrons. The van der Waals surface area contributed by atoms with Crippen LogP contribution < -0.4 is 0 Å². The van der Waals surface area contributed by atoms with Crippen molar-refractivity contribution in [2.45, 2.75) is 38.8 Å². The van der Waals surface area contributed by atoms with Crippen LogP contribution in [0.2, 0.25) is 0 Å². The molecule has 1 aliphatic heterocycles. The van der Waals surface area contributed by atoms with E-state index < -0.39 is 23.6 Å². The Morgan fingerprint density at radius 1 is 1.25 bits per heavy atom. The summed E-state index contributed by atoms with van der Waals surface area (Å²) in [6.07, 6.45) is 3.45. The summed E-state index contributed by atoms with van der Waals surface area (Å²) < 4.78 is 33.0. The number of carboxylic acid groups (broad SMARTS) is 1. The van der Waals surface area contributed by atoms with Crippen molar-refractivity contribution in [3.63, 3.8) is 0 Å². The first-order valence-corrected chi connectivity index (χ1v) is 10.7. The molecule has 2 heterocycles. The molecule has 2 aromatic carbocycles. The van der Waals surface area contributed by atoms with Gasteiger partial charge in [0.2, 0.25) is 0 Å². The van der Waals surface area contributed by atoms with Crippen molar-refractivity contribution < 1.29 is 18.7 Å². The third-order valence-corrected chi connectivity index (χ3v) is 6.34. The number of halogens is 2. The molecule has 6 heteroatoms. The fourth-order valence-corrected chi connectivity index (χ4v) is 4.92. The Hall–Kier alpha value is -3.41. The molecule has 1 aliphatic rings. The average Bonchev–Trinajstić information content (AvgIpc) is 3.03.